The lowest BCUT2D eigenvalue weighted by Crippen LogP contribution is -2.55. The second kappa shape index (κ2) is 7.55. The molecule has 1 fully saturated rings. The Hall–Kier alpha value is -3.81. The molecule has 30 heavy (non-hydrogen) atoms. The fourth-order valence-electron chi connectivity index (χ4n) is 3.88. The second-order valence-corrected chi connectivity index (χ2v) is 7.31. The number of rotatable bonds is 5. The number of nitrogens with one attached hydrogen (secondary N) is 1. The van der Waals surface area contributed by atoms with Gasteiger partial charge >= 0.3 is 6.09 Å². The Balaban J connectivity index is 1.74. The van der Waals surface area contributed by atoms with Crippen molar-refractivity contribution in [3.8, 4) is 22.4 Å². The molecule has 0 unspecified atom stereocenters. The third-order valence-electron chi connectivity index (χ3n) is 5.37. The van der Waals surface area contributed by atoms with Gasteiger partial charge in [0.15, 0.2) is 0 Å². The Bertz CT molecular complexity index is 1100. The number of nitrogens with zero attached hydrogens (tertiary/aromatic N) is 2. The van der Waals surface area contributed by atoms with E-state index in [-0.39, 0.29) is 18.5 Å². The molecule has 152 valence electrons. The molecule has 2 N–H and O–H groups in total. The monoisotopic (exact) mass is 407 g/mol. The van der Waals surface area contributed by atoms with E-state index in [4.69, 9.17) is 5.11 Å². The number of nitro groups is 1. The molecule has 1 aliphatic carbocycles. The molecule has 4 rings (SSSR count). The van der Waals surface area contributed by atoms with Crippen LogP contribution in [0, 0.1) is 10.1 Å². The topological polar surface area (TPSA) is 105 Å². The van der Waals surface area contributed by atoms with Gasteiger partial charge in [0.2, 0.25) is 0 Å². The van der Waals surface area contributed by atoms with Crippen LogP contribution in [0.4, 0.5) is 14.9 Å². The molecule has 1 heterocycles. The third kappa shape index (κ3) is 3.59. The van der Waals surface area contributed by atoms with Crippen LogP contribution in [0.1, 0.15) is 18.4 Å². The maximum absolute atomic E-state index is 13.5. The number of halogens is 1. The highest BCUT2D eigenvalue weighted by Crippen LogP contribution is 2.44. The lowest BCUT2D eigenvalue weighted by molar-refractivity contribution is -0.385. The van der Waals surface area contributed by atoms with Gasteiger partial charge in [-0.05, 0) is 11.1 Å². The van der Waals surface area contributed by atoms with Gasteiger partial charge in [-0.25, -0.2) is 14.2 Å². The number of carbonyl (C=O) groups is 1. The first-order valence-electron chi connectivity index (χ1n) is 9.34. The highest BCUT2D eigenvalue weighted by Gasteiger charge is 2.47. The van der Waals surface area contributed by atoms with E-state index < -0.39 is 22.7 Å². The second-order valence-electron chi connectivity index (χ2n) is 7.31. The van der Waals surface area contributed by atoms with Crippen molar-refractivity contribution in [2.24, 2.45) is 0 Å². The Morgan fingerprint density at radius 1 is 1.13 bits per heavy atom. The number of aromatic nitrogens is 1. The number of pyridine rings is 1. The molecule has 1 amide bonds. The van der Waals surface area contributed by atoms with Crippen LogP contribution in [0.15, 0.2) is 66.9 Å². The average Bonchev–Trinajstić information content (AvgIpc) is 2.72. The summed E-state index contributed by atoms with van der Waals surface area (Å²) in [6.07, 6.45) is -0.858. The normalized spacial score (nSPS) is 20.2. The molecule has 3 aromatic rings. The molecule has 0 spiro atoms. The van der Waals surface area contributed by atoms with Crippen LogP contribution < -0.4 is 5.32 Å². The highest BCUT2D eigenvalue weighted by molar-refractivity contribution is 5.82. The summed E-state index contributed by atoms with van der Waals surface area (Å²) in [6, 6.07) is 17.7. The number of carboxylic acid groups (broad SMARTS) is 1. The Kier molecular flexibility index (Phi) is 4.91. The predicted molar refractivity (Wildman–Crippen MR) is 109 cm³/mol. The van der Waals surface area contributed by atoms with E-state index in [2.05, 4.69) is 10.3 Å². The molecule has 2 aromatic carbocycles. The fraction of sp³-hybridized carbons (Fsp3) is 0.182. The summed E-state index contributed by atoms with van der Waals surface area (Å²) in [4.78, 5) is 26.2. The summed E-state index contributed by atoms with van der Waals surface area (Å²) in [7, 11) is 0. The van der Waals surface area contributed by atoms with Crippen molar-refractivity contribution >= 4 is 11.8 Å². The van der Waals surface area contributed by atoms with E-state index in [1.54, 1.807) is 24.3 Å². The van der Waals surface area contributed by atoms with Gasteiger partial charge in [0.25, 0.3) is 5.69 Å². The predicted octanol–water partition coefficient (Wildman–Crippen LogP) is 4.92. The van der Waals surface area contributed by atoms with Crippen LogP contribution in [-0.4, -0.2) is 27.3 Å². The van der Waals surface area contributed by atoms with E-state index in [1.807, 2.05) is 30.3 Å². The van der Waals surface area contributed by atoms with Crippen LogP contribution >= 0.6 is 0 Å². The van der Waals surface area contributed by atoms with Crippen LogP contribution in [-0.2, 0) is 5.54 Å². The maximum Gasteiger partial charge on any atom is 0.405 e. The SMILES string of the molecule is O=C(O)N[C@]1(c2ccc(-c3ncc([N+](=O)[O-])cc3-c3ccccc3)cc2)C[C@@H](F)C1. The van der Waals surface area contributed by atoms with Crippen molar-refractivity contribution in [1.82, 2.24) is 10.3 Å². The summed E-state index contributed by atoms with van der Waals surface area (Å²) in [5, 5.41) is 22.8. The Labute approximate surface area is 171 Å². The Morgan fingerprint density at radius 3 is 2.37 bits per heavy atom. The van der Waals surface area contributed by atoms with E-state index in [0.29, 0.717) is 22.4 Å². The van der Waals surface area contributed by atoms with Crippen LogP contribution in [0.3, 0.4) is 0 Å². The molecule has 1 aromatic heterocycles. The maximum atomic E-state index is 13.5. The lowest BCUT2D eigenvalue weighted by Gasteiger charge is -2.44. The molecule has 0 bridgehead atoms. The van der Waals surface area contributed by atoms with Crippen LogP contribution in [0.25, 0.3) is 22.4 Å². The van der Waals surface area contributed by atoms with Gasteiger partial charge in [-0.15, -0.1) is 0 Å². The first kappa shape index (κ1) is 19.5. The molecule has 0 aliphatic heterocycles. The Morgan fingerprint density at radius 2 is 1.80 bits per heavy atom. The molecular weight excluding hydrogens is 389 g/mol. The smallest absolute Gasteiger partial charge is 0.405 e. The number of alkyl halides is 1. The van der Waals surface area contributed by atoms with Gasteiger partial charge < -0.3 is 10.4 Å². The van der Waals surface area contributed by atoms with E-state index in [9.17, 15) is 19.3 Å². The zero-order valence-electron chi connectivity index (χ0n) is 15.8. The molecule has 0 radical (unpaired) electrons. The van der Waals surface area contributed by atoms with Gasteiger partial charge in [0, 0.05) is 30.0 Å². The largest absolute Gasteiger partial charge is 0.465 e. The third-order valence-corrected chi connectivity index (χ3v) is 5.37. The average molecular weight is 407 g/mol. The molecular formula is C22H18FN3O4. The first-order valence-corrected chi connectivity index (χ1v) is 9.34. The van der Waals surface area contributed by atoms with Crippen molar-refractivity contribution in [2.75, 3.05) is 0 Å². The van der Waals surface area contributed by atoms with Gasteiger partial charge in [-0.1, -0.05) is 54.6 Å². The molecule has 7 nitrogen and oxygen atoms in total. The van der Waals surface area contributed by atoms with Crippen molar-refractivity contribution in [2.45, 2.75) is 24.6 Å². The van der Waals surface area contributed by atoms with Gasteiger partial charge in [-0.3, -0.25) is 10.1 Å². The van der Waals surface area contributed by atoms with Gasteiger partial charge in [-0.2, -0.15) is 0 Å². The number of amides is 1. The van der Waals surface area contributed by atoms with Gasteiger partial charge in [0.05, 0.1) is 16.2 Å². The zero-order chi connectivity index (χ0) is 21.3. The molecule has 1 aliphatic rings. The highest BCUT2D eigenvalue weighted by atomic mass is 19.1. The molecule has 1 saturated carbocycles. The minimum atomic E-state index is -1.20. The van der Waals surface area contributed by atoms with Crippen LogP contribution in [0.5, 0.6) is 0 Å². The van der Waals surface area contributed by atoms with Crippen molar-refractivity contribution in [1.29, 1.82) is 0 Å². The fourth-order valence-corrected chi connectivity index (χ4v) is 3.88. The van der Waals surface area contributed by atoms with Crippen molar-refractivity contribution in [3.05, 3.63) is 82.5 Å². The van der Waals surface area contributed by atoms with Gasteiger partial charge in [0.1, 0.15) is 12.4 Å². The number of hydrogen-bond acceptors (Lipinski definition) is 4. The molecule has 0 atom stereocenters. The summed E-state index contributed by atoms with van der Waals surface area (Å²) in [5.41, 5.74) is 2.31. The summed E-state index contributed by atoms with van der Waals surface area (Å²) in [6.45, 7) is 0. The van der Waals surface area contributed by atoms with E-state index >= 15 is 0 Å². The van der Waals surface area contributed by atoms with Crippen molar-refractivity contribution < 1.29 is 19.2 Å². The van der Waals surface area contributed by atoms with Crippen LogP contribution in [0.2, 0.25) is 0 Å². The lowest BCUT2D eigenvalue weighted by atomic mass is 9.70. The number of benzene rings is 2. The molecule has 8 heteroatoms. The number of hydrogen-bond donors (Lipinski definition) is 2. The van der Waals surface area contributed by atoms with E-state index in [0.717, 1.165) is 5.56 Å². The van der Waals surface area contributed by atoms with Crippen molar-refractivity contribution in [3.63, 3.8) is 0 Å². The minimum Gasteiger partial charge on any atom is -0.465 e. The summed E-state index contributed by atoms with van der Waals surface area (Å²) in [5.74, 6) is 0. The first-order chi connectivity index (χ1) is 14.4. The quantitative estimate of drug-likeness (QED) is 0.461. The minimum absolute atomic E-state index is 0.0870. The molecule has 0 saturated heterocycles. The standard InChI is InChI=1S/C22H18FN3O4/c23-17-11-22(12-17,25-21(27)28)16-8-6-15(7-9-16)20-19(14-4-2-1-3-5-14)10-18(13-24-20)26(29)30/h1-10,13,17,25H,11-12H2,(H,27,28)/t17-,22-. The summed E-state index contributed by atoms with van der Waals surface area (Å²) >= 11 is 0. The zero-order valence-corrected chi connectivity index (χ0v) is 15.8. The van der Waals surface area contributed by atoms with E-state index in [1.165, 1.54) is 12.3 Å². The summed E-state index contributed by atoms with van der Waals surface area (Å²) < 4.78 is 13.5.